The quantitative estimate of drug-likeness (QED) is 0.596. The second-order valence-corrected chi connectivity index (χ2v) is 5.06. The molecule has 1 aromatic carbocycles. The molecule has 0 saturated heterocycles. The second-order valence-electron chi connectivity index (χ2n) is 2.84. The van der Waals surface area contributed by atoms with Gasteiger partial charge in [-0.2, -0.15) is 5.26 Å². The number of nitrogens with zero attached hydrogens (tertiary/aromatic N) is 1. The standard InChI is InChI=1S/C10H9Cl2NS/c1-7(5-11)14-10-4-9(12)3-2-8(10)6-13/h2-4,7H,5H2,1H3. The summed E-state index contributed by atoms with van der Waals surface area (Å²) in [5.41, 5.74) is 0.649. The summed E-state index contributed by atoms with van der Waals surface area (Å²) in [5.74, 6) is 0.558. The van der Waals surface area contributed by atoms with Crippen molar-refractivity contribution >= 4 is 35.0 Å². The molecule has 1 unspecified atom stereocenters. The first-order valence-corrected chi connectivity index (χ1v) is 5.89. The molecule has 1 atom stereocenters. The maximum atomic E-state index is 8.86. The summed E-state index contributed by atoms with van der Waals surface area (Å²) < 4.78 is 0. The van der Waals surface area contributed by atoms with E-state index < -0.39 is 0 Å². The molecule has 0 aromatic heterocycles. The average Bonchev–Trinajstić information content (AvgIpc) is 2.18. The molecule has 0 heterocycles. The molecule has 0 N–H and O–H groups in total. The van der Waals surface area contributed by atoms with Gasteiger partial charge in [-0.15, -0.1) is 23.4 Å². The zero-order chi connectivity index (χ0) is 10.6. The van der Waals surface area contributed by atoms with Crippen LogP contribution in [0, 0.1) is 11.3 Å². The van der Waals surface area contributed by atoms with Crippen LogP contribution in [0.1, 0.15) is 12.5 Å². The monoisotopic (exact) mass is 245 g/mol. The molecule has 74 valence electrons. The van der Waals surface area contributed by atoms with Gasteiger partial charge in [0, 0.05) is 21.0 Å². The summed E-state index contributed by atoms with van der Waals surface area (Å²) in [5, 5.41) is 9.78. The Kier molecular flexibility index (Phi) is 4.60. The number of rotatable bonds is 3. The van der Waals surface area contributed by atoms with Gasteiger partial charge in [-0.05, 0) is 18.2 Å². The Morgan fingerprint density at radius 2 is 2.29 bits per heavy atom. The van der Waals surface area contributed by atoms with Gasteiger partial charge in [0.2, 0.25) is 0 Å². The van der Waals surface area contributed by atoms with Crippen LogP contribution in [-0.2, 0) is 0 Å². The molecule has 1 aromatic rings. The van der Waals surface area contributed by atoms with Crippen LogP contribution in [0.15, 0.2) is 23.1 Å². The van der Waals surface area contributed by atoms with Crippen molar-refractivity contribution in [1.82, 2.24) is 0 Å². The molecule has 0 saturated carbocycles. The molecule has 0 aliphatic rings. The topological polar surface area (TPSA) is 23.8 Å². The largest absolute Gasteiger partial charge is 0.192 e. The minimum Gasteiger partial charge on any atom is -0.192 e. The van der Waals surface area contributed by atoms with Crippen LogP contribution in [0.3, 0.4) is 0 Å². The van der Waals surface area contributed by atoms with Crippen LogP contribution < -0.4 is 0 Å². The van der Waals surface area contributed by atoms with Gasteiger partial charge >= 0.3 is 0 Å². The molecular weight excluding hydrogens is 237 g/mol. The maximum absolute atomic E-state index is 8.86. The van der Waals surface area contributed by atoms with Crippen LogP contribution in [-0.4, -0.2) is 11.1 Å². The lowest BCUT2D eigenvalue weighted by Gasteiger charge is -2.08. The predicted molar refractivity (Wildman–Crippen MR) is 62.2 cm³/mol. The number of benzene rings is 1. The number of hydrogen-bond acceptors (Lipinski definition) is 2. The number of nitriles is 1. The predicted octanol–water partition coefficient (Wildman–Crippen LogP) is 3.93. The average molecular weight is 246 g/mol. The van der Waals surface area contributed by atoms with Crippen LogP contribution in [0.4, 0.5) is 0 Å². The Balaban J connectivity index is 2.94. The van der Waals surface area contributed by atoms with E-state index in [0.29, 0.717) is 16.5 Å². The van der Waals surface area contributed by atoms with Gasteiger partial charge < -0.3 is 0 Å². The SMILES string of the molecule is CC(CCl)Sc1cc(Cl)ccc1C#N. The fourth-order valence-corrected chi connectivity index (χ4v) is 2.29. The highest BCUT2D eigenvalue weighted by Crippen LogP contribution is 2.29. The van der Waals surface area contributed by atoms with Crippen LogP contribution >= 0.6 is 35.0 Å². The molecule has 0 radical (unpaired) electrons. The number of hydrogen-bond donors (Lipinski definition) is 0. The fourth-order valence-electron chi connectivity index (χ4n) is 0.934. The summed E-state index contributed by atoms with van der Waals surface area (Å²) in [6, 6.07) is 7.37. The van der Waals surface area contributed by atoms with E-state index >= 15 is 0 Å². The maximum Gasteiger partial charge on any atom is 0.100 e. The van der Waals surface area contributed by atoms with Crippen LogP contribution in [0.5, 0.6) is 0 Å². The molecule has 0 aliphatic heterocycles. The molecule has 14 heavy (non-hydrogen) atoms. The normalized spacial score (nSPS) is 12.1. The van der Waals surface area contributed by atoms with Crippen molar-refractivity contribution in [1.29, 1.82) is 5.26 Å². The van der Waals surface area contributed by atoms with Gasteiger partial charge in [0.15, 0.2) is 0 Å². The van der Waals surface area contributed by atoms with Crippen molar-refractivity contribution in [2.24, 2.45) is 0 Å². The molecule has 4 heteroatoms. The summed E-state index contributed by atoms with van der Waals surface area (Å²) in [7, 11) is 0. The molecule has 1 rings (SSSR count). The third kappa shape index (κ3) is 3.09. The van der Waals surface area contributed by atoms with Gasteiger partial charge in [0.25, 0.3) is 0 Å². The molecule has 0 spiro atoms. The van der Waals surface area contributed by atoms with Crippen molar-refractivity contribution in [3.8, 4) is 6.07 Å². The van der Waals surface area contributed by atoms with Crippen LogP contribution in [0.2, 0.25) is 5.02 Å². The zero-order valence-corrected chi connectivity index (χ0v) is 9.96. The Hall–Kier alpha value is -0.360. The first kappa shape index (κ1) is 11.7. The van der Waals surface area contributed by atoms with E-state index in [0.717, 1.165) is 4.90 Å². The van der Waals surface area contributed by atoms with Crippen LogP contribution in [0.25, 0.3) is 0 Å². The summed E-state index contributed by atoms with van der Waals surface area (Å²) in [6.07, 6.45) is 0. The summed E-state index contributed by atoms with van der Waals surface area (Å²) in [6.45, 7) is 2.01. The van der Waals surface area contributed by atoms with Crippen molar-refractivity contribution in [3.63, 3.8) is 0 Å². The van der Waals surface area contributed by atoms with Gasteiger partial charge in [-0.25, -0.2) is 0 Å². The zero-order valence-electron chi connectivity index (χ0n) is 7.63. The van der Waals surface area contributed by atoms with Gasteiger partial charge in [-0.1, -0.05) is 18.5 Å². The molecule has 1 nitrogen and oxygen atoms in total. The lowest BCUT2D eigenvalue weighted by atomic mass is 10.2. The first-order chi connectivity index (χ1) is 6.67. The number of alkyl halides is 1. The highest BCUT2D eigenvalue weighted by Gasteiger charge is 2.07. The fraction of sp³-hybridized carbons (Fsp3) is 0.300. The number of halogens is 2. The molecule has 0 fully saturated rings. The summed E-state index contributed by atoms with van der Waals surface area (Å²) >= 11 is 13.1. The van der Waals surface area contributed by atoms with E-state index in [1.54, 1.807) is 30.0 Å². The van der Waals surface area contributed by atoms with Crippen molar-refractivity contribution in [2.75, 3.05) is 5.88 Å². The molecule has 0 amide bonds. The molecular formula is C10H9Cl2NS. The Labute approximate surface area is 98.0 Å². The smallest absolute Gasteiger partial charge is 0.100 e. The van der Waals surface area contributed by atoms with Gasteiger partial charge in [-0.3, -0.25) is 0 Å². The van der Waals surface area contributed by atoms with Gasteiger partial charge in [0.05, 0.1) is 5.56 Å². The second kappa shape index (κ2) is 5.50. The van der Waals surface area contributed by atoms with Crippen molar-refractivity contribution in [2.45, 2.75) is 17.1 Å². The highest BCUT2D eigenvalue weighted by molar-refractivity contribution is 8.00. The first-order valence-electron chi connectivity index (χ1n) is 4.09. The van der Waals surface area contributed by atoms with E-state index in [4.69, 9.17) is 28.5 Å². The minimum atomic E-state index is 0.280. The molecule has 0 bridgehead atoms. The van der Waals surface area contributed by atoms with Crippen molar-refractivity contribution < 1.29 is 0 Å². The number of thioether (sulfide) groups is 1. The van der Waals surface area contributed by atoms with E-state index in [-0.39, 0.29) is 5.25 Å². The molecule has 0 aliphatic carbocycles. The lowest BCUT2D eigenvalue weighted by molar-refractivity contribution is 1.12. The van der Waals surface area contributed by atoms with E-state index in [1.165, 1.54) is 0 Å². The third-order valence-electron chi connectivity index (χ3n) is 1.61. The third-order valence-corrected chi connectivity index (χ3v) is 3.65. The minimum absolute atomic E-state index is 0.280. The van der Waals surface area contributed by atoms with Crippen molar-refractivity contribution in [3.05, 3.63) is 28.8 Å². The highest BCUT2D eigenvalue weighted by atomic mass is 35.5. The summed E-state index contributed by atoms with van der Waals surface area (Å²) in [4.78, 5) is 0.896. The Bertz CT molecular complexity index is 360. The van der Waals surface area contributed by atoms with Gasteiger partial charge in [0.1, 0.15) is 6.07 Å². The van der Waals surface area contributed by atoms with E-state index in [9.17, 15) is 0 Å². The van der Waals surface area contributed by atoms with E-state index in [1.807, 2.05) is 6.92 Å². The Morgan fingerprint density at radius 3 is 2.86 bits per heavy atom. The van der Waals surface area contributed by atoms with E-state index in [2.05, 4.69) is 6.07 Å². The lowest BCUT2D eigenvalue weighted by Crippen LogP contribution is -1.97. The Morgan fingerprint density at radius 1 is 1.57 bits per heavy atom.